The Morgan fingerprint density at radius 1 is 0.875 bits per heavy atom. The Balaban J connectivity index is 4.45. The van der Waals surface area contributed by atoms with E-state index in [0.29, 0.717) is 12.8 Å². The van der Waals surface area contributed by atoms with E-state index >= 15 is 0 Å². The van der Waals surface area contributed by atoms with Crippen molar-refractivity contribution in [1.29, 1.82) is 0 Å². The fourth-order valence-corrected chi connectivity index (χ4v) is 2.02. The highest BCUT2D eigenvalue weighted by Crippen LogP contribution is 2.36. The molecule has 1 nitrogen and oxygen atoms in total. The van der Waals surface area contributed by atoms with Gasteiger partial charge in [-0.15, -0.1) is 0 Å². The molecule has 0 amide bonds. The van der Waals surface area contributed by atoms with Gasteiger partial charge in [-0.05, 0) is 30.1 Å². The number of ether oxygens (including phenoxy) is 1. The Labute approximate surface area is 101 Å². The normalized spacial score (nSPS) is 17.2. The smallest absolute Gasteiger partial charge is 0.134 e. The molecule has 1 atom stereocenters. The molecular weight excluding hydrogens is 203 g/mol. The molecule has 98 valence electrons. The molecule has 0 rings (SSSR count). The lowest BCUT2D eigenvalue weighted by Crippen LogP contribution is -2.35. The largest absolute Gasteiger partial charge is 0.381 e. The van der Waals surface area contributed by atoms with Crippen molar-refractivity contribution in [2.24, 2.45) is 10.8 Å². The lowest BCUT2D eigenvalue weighted by Gasteiger charge is -2.33. The number of hydrogen-bond acceptors (Lipinski definition) is 1. The zero-order valence-electron chi connectivity index (χ0n) is 12.1. The first-order valence-electron chi connectivity index (χ1n) is 6.15. The van der Waals surface area contributed by atoms with Crippen molar-refractivity contribution in [2.75, 3.05) is 13.7 Å². The number of alkyl halides is 1. The lowest BCUT2D eigenvalue weighted by molar-refractivity contribution is -0.00236. The predicted molar refractivity (Wildman–Crippen MR) is 68.5 cm³/mol. The summed E-state index contributed by atoms with van der Waals surface area (Å²) in [4.78, 5) is 0. The summed E-state index contributed by atoms with van der Waals surface area (Å²) in [6.07, 6.45) is 2.04. The minimum absolute atomic E-state index is 0.00512. The maximum Gasteiger partial charge on any atom is 0.134 e. The van der Waals surface area contributed by atoms with Crippen LogP contribution >= 0.6 is 0 Å². The fraction of sp³-hybridized carbons (Fsp3) is 1.00. The van der Waals surface area contributed by atoms with E-state index in [4.69, 9.17) is 4.74 Å². The Morgan fingerprint density at radius 2 is 1.38 bits per heavy atom. The second-order valence-corrected chi connectivity index (χ2v) is 7.38. The molecule has 0 aliphatic rings. The number of halogens is 1. The molecule has 0 heterocycles. The molecule has 0 aromatic heterocycles. The van der Waals surface area contributed by atoms with Crippen molar-refractivity contribution in [3.8, 4) is 0 Å². The molecule has 0 N–H and O–H groups in total. The van der Waals surface area contributed by atoms with Crippen molar-refractivity contribution in [1.82, 2.24) is 0 Å². The molecule has 2 heteroatoms. The first-order valence-corrected chi connectivity index (χ1v) is 6.15. The second-order valence-electron chi connectivity index (χ2n) is 7.38. The second kappa shape index (κ2) is 5.48. The van der Waals surface area contributed by atoms with Crippen molar-refractivity contribution in [3.05, 3.63) is 0 Å². The van der Waals surface area contributed by atoms with E-state index in [1.807, 2.05) is 0 Å². The first kappa shape index (κ1) is 15.9. The summed E-state index contributed by atoms with van der Waals surface area (Å²) >= 11 is 0. The average Bonchev–Trinajstić information content (AvgIpc) is 1.96. The van der Waals surface area contributed by atoms with Crippen LogP contribution in [0.25, 0.3) is 0 Å². The van der Waals surface area contributed by atoms with Gasteiger partial charge in [0.15, 0.2) is 0 Å². The van der Waals surface area contributed by atoms with Gasteiger partial charge in [-0.1, -0.05) is 41.5 Å². The van der Waals surface area contributed by atoms with Gasteiger partial charge in [0.05, 0.1) is 6.61 Å². The minimum Gasteiger partial charge on any atom is -0.381 e. The fourth-order valence-electron chi connectivity index (χ4n) is 2.02. The van der Waals surface area contributed by atoms with E-state index in [0.717, 1.165) is 6.42 Å². The van der Waals surface area contributed by atoms with E-state index in [2.05, 4.69) is 41.5 Å². The van der Waals surface area contributed by atoms with Gasteiger partial charge in [-0.25, -0.2) is 4.39 Å². The van der Waals surface area contributed by atoms with Gasteiger partial charge in [0.2, 0.25) is 0 Å². The van der Waals surface area contributed by atoms with E-state index in [1.165, 1.54) is 0 Å². The molecule has 0 aromatic rings. The first-order chi connectivity index (χ1) is 6.97. The third-order valence-electron chi connectivity index (χ3n) is 2.57. The molecule has 0 fully saturated rings. The van der Waals surface area contributed by atoms with Gasteiger partial charge in [0.25, 0.3) is 0 Å². The zero-order chi connectivity index (χ0) is 13.0. The van der Waals surface area contributed by atoms with E-state index in [-0.39, 0.29) is 17.4 Å². The molecule has 16 heavy (non-hydrogen) atoms. The number of hydrogen-bond donors (Lipinski definition) is 0. The van der Waals surface area contributed by atoms with Crippen LogP contribution < -0.4 is 0 Å². The predicted octanol–water partition coefficient (Wildman–Crippen LogP) is 4.60. The quantitative estimate of drug-likeness (QED) is 0.673. The summed E-state index contributed by atoms with van der Waals surface area (Å²) in [5.41, 5.74) is -0.992. The third kappa shape index (κ3) is 8.09. The minimum atomic E-state index is -1.18. The molecular formula is C14H29FO. The van der Waals surface area contributed by atoms with Crippen LogP contribution in [0.5, 0.6) is 0 Å². The van der Waals surface area contributed by atoms with Crippen LogP contribution in [0.15, 0.2) is 0 Å². The third-order valence-corrected chi connectivity index (χ3v) is 2.57. The Morgan fingerprint density at radius 3 is 1.69 bits per heavy atom. The standard InChI is InChI=1S/C14H29FO/c1-12(2,3)8-9-14(15,11-16-7)10-13(4,5)6/h8-11H2,1-7H3/t14-/m1/s1. The SMILES string of the molecule is COC[C@@](F)(CCC(C)(C)C)CC(C)(C)C. The van der Waals surface area contributed by atoms with Crippen molar-refractivity contribution in [3.63, 3.8) is 0 Å². The highest BCUT2D eigenvalue weighted by Gasteiger charge is 2.35. The van der Waals surface area contributed by atoms with Gasteiger partial charge in [-0.3, -0.25) is 0 Å². The summed E-state index contributed by atoms with van der Waals surface area (Å²) in [6.45, 7) is 12.9. The molecule has 0 bridgehead atoms. The van der Waals surface area contributed by atoms with Crippen LogP contribution in [-0.4, -0.2) is 19.4 Å². The summed E-state index contributed by atoms with van der Waals surface area (Å²) in [6, 6.07) is 0. The van der Waals surface area contributed by atoms with Gasteiger partial charge in [0.1, 0.15) is 5.67 Å². The van der Waals surface area contributed by atoms with Crippen LogP contribution in [0.3, 0.4) is 0 Å². The van der Waals surface area contributed by atoms with Crippen LogP contribution in [-0.2, 0) is 4.74 Å². The maximum absolute atomic E-state index is 14.7. The van der Waals surface area contributed by atoms with Gasteiger partial charge >= 0.3 is 0 Å². The Hall–Kier alpha value is -0.110. The summed E-state index contributed by atoms with van der Waals surface area (Å²) in [5, 5.41) is 0. The molecule has 0 saturated carbocycles. The van der Waals surface area contributed by atoms with Crippen LogP contribution in [0.1, 0.15) is 60.8 Å². The van der Waals surface area contributed by atoms with Crippen LogP contribution in [0, 0.1) is 10.8 Å². The highest BCUT2D eigenvalue weighted by atomic mass is 19.1. The van der Waals surface area contributed by atoms with Crippen molar-refractivity contribution in [2.45, 2.75) is 66.5 Å². The zero-order valence-corrected chi connectivity index (χ0v) is 12.1. The van der Waals surface area contributed by atoms with Crippen molar-refractivity contribution >= 4 is 0 Å². The molecule has 0 aliphatic heterocycles. The van der Waals surface area contributed by atoms with Gasteiger partial charge in [0, 0.05) is 7.11 Å². The van der Waals surface area contributed by atoms with Crippen LogP contribution in [0.2, 0.25) is 0 Å². The maximum atomic E-state index is 14.7. The molecule has 0 aliphatic carbocycles. The molecule has 0 saturated heterocycles. The summed E-state index contributed by atoms with van der Waals surface area (Å²) < 4.78 is 19.7. The summed E-state index contributed by atoms with van der Waals surface area (Å²) in [7, 11) is 1.58. The Kier molecular flexibility index (Phi) is 5.45. The lowest BCUT2D eigenvalue weighted by atomic mass is 9.78. The molecule has 0 aromatic carbocycles. The summed E-state index contributed by atoms with van der Waals surface area (Å²) in [5.74, 6) is 0. The monoisotopic (exact) mass is 232 g/mol. The molecule has 0 unspecified atom stereocenters. The number of rotatable bonds is 5. The van der Waals surface area contributed by atoms with E-state index in [9.17, 15) is 4.39 Å². The number of methoxy groups -OCH3 is 1. The average molecular weight is 232 g/mol. The Bertz CT molecular complexity index is 200. The van der Waals surface area contributed by atoms with Gasteiger partial charge in [-0.2, -0.15) is 0 Å². The van der Waals surface area contributed by atoms with E-state index in [1.54, 1.807) is 7.11 Å². The molecule has 0 spiro atoms. The van der Waals surface area contributed by atoms with Crippen molar-refractivity contribution < 1.29 is 9.13 Å². The van der Waals surface area contributed by atoms with Crippen LogP contribution in [0.4, 0.5) is 4.39 Å². The topological polar surface area (TPSA) is 9.23 Å². The van der Waals surface area contributed by atoms with Gasteiger partial charge < -0.3 is 4.74 Å². The highest BCUT2D eigenvalue weighted by molar-refractivity contribution is 4.85. The van der Waals surface area contributed by atoms with E-state index < -0.39 is 5.67 Å². The molecule has 0 radical (unpaired) electrons.